The summed E-state index contributed by atoms with van der Waals surface area (Å²) < 4.78 is 0. The normalized spacial score (nSPS) is 24.5. The van der Waals surface area contributed by atoms with Crippen LogP contribution < -0.4 is 5.32 Å². The zero-order valence-corrected chi connectivity index (χ0v) is 15.1. The van der Waals surface area contributed by atoms with Gasteiger partial charge in [0.05, 0.1) is 0 Å². The van der Waals surface area contributed by atoms with Gasteiger partial charge in [0.25, 0.3) is 0 Å². The molecule has 2 fully saturated rings. The second-order valence-electron chi connectivity index (χ2n) is 7.06. The Hall–Kier alpha value is -0.680. The Morgan fingerprint density at radius 3 is 2.59 bits per heavy atom. The van der Waals surface area contributed by atoms with Crippen molar-refractivity contribution in [2.45, 2.75) is 44.9 Å². The van der Waals surface area contributed by atoms with E-state index in [4.69, 9.17) is 0 Å². The van der Waals surface area contributed by atoms with Gasteiger partial charge in [0.1, 0.15) is 0 Å². The zero-order chi connectivity index (χ0) is 16.1. The van der Waals surface area contributed by atoms with Crippen molar-refractivity contribution in [3.8, 4) is 0 Å². The van der Waals surface area contributed by atoms with E-state index < -0.39 is 0 Å². The Morgan fingerprint density at radius 1 is 1.32 bits per heavy atom. The van der Waals surface area contributed by atoms with E-state index in [0.29, 0.717) is 17.2 Å². The number of amides is 2. The fourth-order valence-corrected chi connectivity index (χ4v) is 4.45. The lowest BCUT2D eigenvalue weighted by Crippen LogP contribution is -2.52. The van der Waals surface area contributed by atoms with E-state index in [-0.39, 0.29) is 6.03 Å². The highest BCUT2D eigenvalue weighted by atomic mass is 32.2. The average molecular weight is 326 g/mol. The molecule has 0 bridgehead atoms. The predicted octanol–water partition coefficient (Wildman–Crippen LogP) is 2.81. The topological polar surface area (TPSA) is 35.6 Å². The Balaban J connectivity index is 1.74. The van der Waals surface area contributed by atoms with Crippen LogP contribution in [0.5, 0.6) is 0 Å². The zero-order valence-electron chi connectivity index (χ0n) is 14.3. The van der Waals surface area contributed by atoms with Gasteiger partial charge in [0, 0.05) is 49.8 Å². The number of nitrogens with one attached hydrogen (secondary N) is 1. The van der Waals surface area contributed by atoms with Crippen molar-refractivity contribution < 1.29 is 4.79 Å². The van der Waals surface area contributed by atoms with Gasteiger partial charge in [-0.25, -0.2) is 4.79 Å². The molecular weight excluding hydrogens is 294 g/mol. The molecule has 2 aliphatic heterocycles. The molecule has 1 atom stereocenters. The number of carbonyl (C=O) groups excluding carboxylic acids is 1. The first-order chi connectivity index (χ1) is 10.5. The van der Waals surface area contributed by atoms with E-state index in [1.165, 1.54) is 5.57 Å². The quantitative estimate of drug-likeness (QED) is 0.807. The Kier molecular flexibility index (Phi) is 6.63. The minimum Gasteiger partial charge on any atom is -0.335 e. The van der Waals surface area contributed by atoms with Crippen LogP contribution in [0, 0.1) is 5.92 Å². The molecule has 22 heavy (non-hydrogen) atoms. The number of hydrogen-bond acceptors (Lipinski definition) is 3. The van der Waals surface area contributed by atoms with Gasteiger partial charge < -0.3 is 10.2 Å². The number of carbonyl (C=O) groups is 1. The van der Waals surface area contributed by atoms with Crippen LogP contribution in [-0.2, 0) is 0 Å². The van der Waals surface area contributed by atoms with Crippen molar-refractivity contribution in [3.63, 3.8) is 0 Å². The molecule has 0 radical (unpaired) electrons. The van der Waals surface area contributed by atoms with Crippen molar-refractivity contribution in [1.29, 1.82) is 0 Å². The molecule has 4 nitrogen and oxygen atoms in total. The molecule has 0 aromatic carbocycles. The van der Waals surface area contributed by atoms with Crippen LogP contribution in [0.25, 0.3) is 0 Å². The Labute approximate surface area is 139 Å². The molecule has 0 saturated carbocycles. The molecule has 0 aromatic heterocycles. The Morgan fingerprint density at radius 2 is 2.00 bits per heavy atom. The van der Waals surface area contributed by atoms with E-state index in [1.807, 2.05) is 16.7 Å². The summed E-state index contributed by atoms with van der Waals surface area (Å²) in [5.41, 5.74) is 1.22. The van der Waals surface area contributed by atoms with Gasteiger partial charge in [-0.3, -0.25) is 4.90 Å². The lowest BCUT2D eigenvalue weighted by molar-refractivity contribution is 0.175. The SMILES string of the molecule is C=C(C)CN1CCC(NC(=O)N2CCS[C@@H](C(C)C)C2)CC1. The predicted molar refractivity (Wildman–Crippen MR) is 95.5 cm³/mol. The second-order valence-corrected chi connectivity index (χ2v) is 8.40. The van der Waals surface area contributed by atoms with Gasteiger partial charge in [-0.05, 0) is 25.7 Å². The number of piperidine rings is 1. The first-order valence-electron chi connectivity index (χ1n) is 8.49. The summed E-state index contributed by atoms with van der Waals surface area (Å²) in [6.45, 7) is 15.4. The van der Waals surface area contributed by atoms with Crippen molar-refractivity contribution in [2.75, 3.05) is 38.5 Å². The third-order valence-electron chi connectivity index (χ3n) is 4.53. The summed E-state index contributed by atoms with van der Waals surface area (Å²) in [5.74, 6) is 1.69. The van der Waals surface area contributed by atoms with Crippen molar-refractivity contribution in [3.05, 3.63) is 12.2 Å². The molecule has 5 heteroatoms. The molecule has 2 amide bonds. The summed E-state index contributed by atoms with van der Waals surface area (Å²) >= 11 is 2.01. The number of likely N-dealkylation sites (tertiary alicyclic amines) is 1. The van der Waals surface area contributed by atoms with E-state index in [0.717, 1.165) is 51.3 Å². The first kappa shape index (κ1) is 17.7. The molecule has 0 aliphatic carbocycles. The third kappa shape index (κ3) is 5.20. The largest absolute Gasteiger partial charge is 0.335 e. The van der Waals surface area contributed by atoms with E-state index >= 15 is 0 Å². The van der Waals surface area contributed by atoms with Crippen LogP contribution in [0.15, 0.2) is 12.2 Å². The summed E-state index contributed by atoms with van der Waals surface area (Å²) in [7, 11) is 0. The lowest BCUT2D eigenvalue weighted by Gasteiger charge is -2.37. The number of rotatable bonds is 4. The number of urea groups is 1. The maximum atomic E-state index is 12.5. The van der Waals surface area contributed by atoms with Gasteiger partial charge >= 0.3 is 6.03 Å². The summed E-state index contributed by atoms with van der Waals surface area (Å²) in [6.07, 6.45) is 2.10. The highest BCUT2D eigenvalue weighted by Crippen LogP contribution is 2.25. The fourth-order valence-electron chi connectivity index (χ4n) is 3.15. The van der Waals surface area contributed by atoms with Crippen molar-refractivity contribution in [1.82, 2.24) is 15.1 Å². The molecule has 0 unspecified atom stereocenters. The van der Waals surface area contributed by atoms with Gasteiger partial charge in [-0.1, -0.05) is 26.0 Å². The highest BCUT2D eigenvalue weighted by Gasteiger charge is 2.28. The fraction of sp³-hybridized carbons (Fsp3) is 0.824. The number of nitrogens with zero attached hydrogens (tertiary/aromatic N) is 2. The van der Waals surface area contributed by atoms with Crippen LogP contribution in [0.4, 0.5) is 4.79 Å². The lowest BCUT2D eigenvalue weighted by atomic mass is 10.0. The smallest absolute Gasteiger partial charge is 0.317 e. The van der Waals surface area contributed by atoms with Gasteiger partial charge in [-0.2, -0.15) is 11.8 Å². The molecule has 126 valence electrons. The standard InChI is InChI=1S/C17H31N3OS/c1-13(2)11-19-7-5-15(6-8-19)18-17(21)20-9-10-22-16(12-20)14(3)4/h14-16H,1,5-12H2,2-4H3,(H,18,21)/t16-/m1/s1. The average Bonchev–Trinajstić information content (AvgIpc) is 2.49. The summed E-state index contributed by atoms with van der Waals surface area (Å²) in [4.78, 5) is 16.9. The highest BCUT2D eigenvalue weighted by molar-refractivity contribution is 8.00. The van der Waals surface area contributed by atoms with Crippen LogP contribution in [0.2, 0.25) is 0 Å². The van der Waals surface area contributed by atoms with E-state index in [2.05, 4.69) is 37.6 Å². The maximum absolute atomic E-state index is 12.5. The molecule has 2 aliphatic rings. The molecule has 0 spiro atoms. The van der Waals surface area contributed by atoms with Crippen LogP contribution in [0.1, 0.15) is 33.6 Å². The van der Waals surface area contributed by atoms with Gasteiger partial charge in [-0.15, -0.1) is 0 Å². The summed E-state index contributed by atoms with van der Waals surface area (Å²) in [6, 6.07) is 0.477. The maximum Gasteiger partial charge on any atom is 0.317 e. The molecular formula is C17H31N3OS. The summed E-state index contributed by atoms with van der Waals surface area (Å²) in [5, 5.41) is 3.83. The number of hydrogen-bond donors (Lipinski definition) is 1. The van der Waals surface area contributed by atoms with Crippen molar-refractivity contribution >= 4 is 17.8 Å². The minimum absolute atomic E-state index is 0.143. The minimum atomic E-state index is 0.143. The van der Waals surface area contributed by atoms with Crippen LogP contribution >= 0.6 is 11.8 Å². The van der Waals surface area contributed by atoms with Crippen LogP contribution in [-0.4, -0.2) is 65.6 Å². The van der Waals surface area contributed by atoms with Gasteiger partial charge in [0.2, 0.25) is 0 Å². The van der Waals surface area contributed by atoms with Crippen LogP contribution in [0.3, 0.4) is 0 Å². The van der Waals surface area contributed by atoms with E-state index in [1.54, 1.807) is 0 Å². The monoisotopic (exact) mass is 325 g/mol. The second kappa shape index (κ2) is 8.25. The van der Waals surface area contributed by atoms with E-state index in [9.17, 15) is 4.79 Å². The molecule has 2 saturated heterocycles. The third-order valence-corrected chi connectivity index (χ3v) is 6.07. The molecule has 0 aromatic rings. The van der Waals surface area contributed by atoms with Gasteiger partial charge in [0.15, 0.2) is 0 Å². The number of thioether (sulfide) groups is 1. The first-order valence-corrected chi connectivity index (χ1v) is 9.54. The van der Waals surface area contributed by atoms with Crippen molar-refractivity contribution in [2.24, 2.45) is 5.92 Å². The molecule has 2 heterocycles. The molecule has 2 rings (SSSR count). The Bertz CT molecular complexity index is 391. The molecule has 1 N–H and O–H groups in total.